The number of likely N-dealkylation sites (tertiary alicyclic amines) is 1. The minimum atomic E-state index is 0.0994. The Morgan fingerprint density at radius 2 is 1.95 bits per heavy atom. The molecule has 2 aliphatic rings. The van der Waals surface area contributed by atoms with E-state index in [1.54, 1.807) is 0 Å². The van der Waals surface area contributed by atoms with Crippen LogP contribution in [0.2, 0.25) is 0 Å². The summed E-state index contributed by atoms with van der Waals surface area (Å²) < 4.78 is 0. The molecule has 1 aliphatic carbocycles. The summed E-state index contributed by atoms with van der Waals surface area (Å²) in [7, 11) is 0. The fraction of sp³-hybridized carbons (Fsp3) is 0.938. The maximum atomic E-state index is 12.4. The molecule has 0 aromatic heterocycles. The zero-order chi connectivity index (χ0) is 14.5. The Labute approximate surface area is 123 Å². The van der Waals surface area contributed by atoms with Gasteiger partial charge in [0.15, 0.2) is 0 Å². The van der Waals surface area contributed by atoms with Gasteiger partial charge >= 0.3 is 0 Å². The molecule has 1 saturated heterocycles. The molecule has 1 saturated carbocycles. The summed E-state index contributed by atoms with van der Waals surface area (Å²) in [6.07, 6.45) is 7.06. The number of amides is 1. The van der Waals surface area contributed by atoms with E-state index in [9.17, 15) is 4.79 Å². The molecule has 4 heteroatoms. The van der Waals surface area contributed by atoms with Crippen LogP contribution < -0.4 is 11.1 Å². The van der Waals surface area contributed by atoms with Crippen LogP contribution in [0, 0.1) is 11.8 Å². The molecule has 4 unspecified atom stereocenters. The molecule has 20 heavy (non-hydrogen) atoms. The highest BCUT2D eigenvalue weighted by atomic mass is 16.1. The molecule has 3 N–H and O–H groups in total. The highest BCUT2D eigenvalue weighted by Crippen LogP contribution is 2.29. The van der Waals surface area contributed by atoms with Crippen molar-refractivity contribution < 1.29 is 4.79 Å². The Morgan fingerprint density at radius 1 is 1.25 bits per heavy atom. The maximum Gasteiger partial charge on any atom is 0.223 e. The van der Waals surface area contributed by atoms with Gasteiger partial charge in [-0.25, -0.2) is 0 Å². The molecule has 2 fully saturated rings. The van der Waals surface area contributed by atoms with E-state index in [0.717, 1.165) is 25.8 Å². The number of carbonyl (C=O) groups is 1. The second-order valence-electron chi connectivity index (χ2n) is 6.89. The zero-order valence-electron chi connectivity index (χ0n) is 13.1. The van der Waals surface area contributed by atoms with Crippen molar-refractivity contribution in [3.05, 3.63) is 0 Å². The topological polar surface area (TPSA) is 58.4 Å². The lowest BCUT2D eigenvalue weighted by Crippen LogP contribution is -2.45. The lowest BCUT2D eigenvalue weighted by atomic mass is 9.78. The van der Waals surface area contributed by atoms with Gasteiger partial charge in [0.25, 0.3) is 0 Å². The molecule has 0 aromatic rings. The van der Waals surface area contributed by atoms with E-state index in [-0.39, 0.29) is 17.9 Å². The van der Waals surface area contributed by atoms with Crippen LogP contribution in [0.4, 0.5) is 0 Å². The van der Waals surface area contributed by atoms with Crippen LogP contribution in [-0.2, 0) is 4.79 Å². The molecular formula is C16H31N3O. The van der Waals surface area contributed by atoms with Crippen molar-refractivity contribution in [1.29, 1.82) is 0 Å². The van der Waals surface area contributed by atoms with Gasteiger partial charge in [-0.1, -0.05) is 13.3 Å². The first-order chi connectivity index (χ1) is 9.56. The Kier molecular flexibility index (Phi) is 5.85. The van der Waals surface area contributed by atoms with Crippen molar-refractivity contribution >= 4 is 5.91 Å². The summed E-state index contributed by atoms with van der Waals surface area (Å²) in [6.45, 7) is 7.55. The van der Waals surface area contributed by atoms with Crippen LogP contribution in [0.1, 0.15) is 52.4 Å². The number of nitrogens with zero attached hydrogens (tertiary/aromatic N) is 1. The quantitative estimate of drug-likeness (QED) is 0.807. The van der Waals surface area contributed by atoms with Crippen LogP contribution in [0.25, 0.3) is 0 Å². The highest BCUT2D eigenvalue weighted by Gasteiger charge is 2.29. The summed E-state index contributed by atoms with van der Waals surface area (Å²) in [4.78, 5) is 14.8. The number of nitrogens with two attached hydrogens (primary N) is 1. The largest absolute Gasteiger partial charge is 0.352 e. The molecule has 1 amide bonds. The summed E-state index contributed by atoms with van der Waals surface area (Å²) in [5.74, 6) is 0.788. The minimum Gasteiger partial charge on any atom is -0.352 e. The van der Waals surface area contributed by atoms with E-state index in [4.69, 9.17) is 5.73 Å². The first-order valence-corrected chi connectivity index (χ1v) is 8.34. The van der Waals surface area contributed by atoms with Gasteiger partial charge in [-0.15, -0.1) is 0 Å². The van der Waals surface area contributed by atoms with E-state index < -0.39 is 0 Å². The molecular weight excluding hydrogens is 250 g/mol. The molecule has 1 heterocycles. The van der Waals surface area contributed by atoms with E-state index >= 15 is 0 Å². The SMILES string of the molecule is CC(CN1CCCC1)NC(=O)C(C)C1CCCC(N)C1. The normalized spacial score (nSPS) is 30.9. The van der Waals surface area contributed by atoms with Crippen molar-refractivity contribution in [3.63, 3.8) is 0 Å². The van der Waals surface area contributed by atoms with E-state index in [0.29, 0.717) is 12.0 Å². The van der Waals surface area contributed by atoms with Crippen molar-refractivity contribution in [3.8, 4) is 0 Å². The van der Waals surface area contributed by atoms with E-state index in [1.165, 1.54) is 32.4 Å². The molecule has 0 aromatic carbocycles. The van der Waals surface area contributed by atoms with Crippen molar-refractivity contribution in [2.24, 2.45) is 17.6 Å². The van der Waals surface area contributed by atoms with E-state index in [2.05, 4.69) is 24.1 Å². The third-order valence-electron chi connectivity index (χ3n) is 5.00. The number of nitrogens with one attached hydrogen (secondary N) is 1. The minimum absolute atomic E-state index is 0.0994. The summed E-state index contributed by atoms with van der Waals surface area (Å²) in [6, 6.07) is 0.548. The van der Waals surface area contributed by atoms with Gasteiger partial charge in [0.1, 0.15) is 0 Å². The molecule has 2 rings (SSSR count). The zero-order valence-corrected chi connectivity index (χ0v) is 13.1. The highest BCUT2D eigenvalue weighted by molar-refractivity contribution is 5.78. The first-order valence-electron chi connectivity index (χ1n) is 8.34. The number of carbonyl (C=O) groups excluding carboxylic acids is 1. The van der Waals surface area contributed by atoms with Gasteiger partial charge in [0, 0.05) is 24.5 Å². The average Bonchev–Trinajstić information content (AvgIpc) is 2.90. The third-order valence-corrected chi connectivity index (χ3v) is 5.00. The van der Waals surface area contributed by atoms with Gasteiger partial charge in [-0.05, 0) is 58.0 Å². The lowest BCUT2D eigenvalue weighted by molar-refractivity contribution is -0.127. The standard InChI is InChI=1S/C16H31N3O/c1-12(11-19-8-3-4-9-19)18-16(20)13(2)14-6-5-7-15(17)10-14/h12-15H,3-11,17H2,1-2H3,(H,18,20). The monoisotopic (exact) mass is 281 g/mol. The van der Waals surface area contributed by atoms with Crippen LogP contribution in [0.15, 0.2) is 0 Å². The van der Waals surface area contributed by atoms with Gasteiger partial charge in [-0.3, -0.25) is 4.79 Å². The predicted molar refractivity (Wildman–Crippen MR) is 82.4 cm³/mol. The molecule has 4 nitrogen and oxygen atoms in total. The van der Waals surface area contributed by atoms with Gasteiger partial charge in [-0.2, -0.15) is 0 Å². The Balaban J connectivity index is 1.74. The summed E-state index contributed by atoms with van der Waals surface area (Å²) in [5, 5.41) is 3.20. The molecule has 116 valence electrons. The predicted octanol–water partition coefficient (Wildman–Crippen LogP) is 1.74. The first kappa shape index (κ1) is 15.8. The second-order valence-corrected chi connectivity index (χ2v) is 6.89. The second kappa shape index (κ2) is 7.41. The molecule has 0 bridgehead atoms. The maximum absolute atomic E-state index is 12.4. The van der Waals surface area contributed by atoms with Crippen LogP contribution in [0.3, 0.4) is 0 Å². The Bertz CT molecular complexity index is 315. The number of hydrogen-bond acceptors (Lipinski definition) is 3. The van der Waals surface area contributed by atoms with Crippen molar-refractivity contribution in [2.75, 3.05) is 19.6 Å². The van der Waals surface area contributed by atoms with Crippen LogP contribution in [0.5, 0.6) is 0 Å². The lowest BCUT2D eigenvalue weighted by Gasteiger charge is -2.31. The van der Waals surface area contributed by atoms with Crippen molar-refractivity contribution in [1.82, 2.24) is 10.2 Å². The van der Waals surface area contributed by atoms with Gasteiger partial charge in [0.05, 0.1) is 0 Å². The third kappa shape index (κ3) is 4.45. The molecule has 0 radical (unpaired) electrons. The fourth-order valence-electron chi connectivity index (χ4n) is 3.71. The Hall–Kier alpha value is -0.610. The smallest absolute Gasteiger partial charge is 0.223 e. The van der Waals surface area contributed by atoms with Crippen LogP contribution >= 0.6 is 0 Å². The molecule has 1 aliphatic heterocycles. The van der Waals surface area contributed by atoms with Crippen molar-refractivity contribution in [2.45, 2.75) is 64.5 Å². The number of rotatable bonds is 5. The Morgan fingerprint density at radius 3 is 2.60 bits per heavy atom. The number of hydrogen-bond donors (Lipinski definition) is 2. The fourth-order valence-corrected chi connectivity index (χ4v) is 3.71. The summed E-state index contributed by atoms with van der Waals surface area (Å²) >= 11 is 0. The average molecular weight is 281 g/mol. The molecule has 0 spiro atoms. The van der Waals surface area contributed by atoms with E-state index in [1.807, 2.05) is 0 Å². The molecule has 4 atom stereocenters. The van der Waals surface area contributed by atoms with Crippen LogP contribution in [-0.4, -0.2) is 42.5 Å². The summed E-state index contributed by atoms with van der Waals surface area (Å²) in [5.41, 5.74) is 6.03. The van der Waals surface area contributed by atoms with Gasteiger partial charge < -0.3 is 16.0 Å². The van der Waals surface area contributed by atoms with Gasteiger partial charge in [0.2, 0.25) is 5.91 Å².